The second-order valence-electron chi connectivity index (χ2n) is 2.47. The van der Waals surface area contributed by atoms with Crippen molar-refractivity contribution in [3.05, 3.63) is 30.7 Å². The molecule has 0 aliphatic heterocycles. The first-order valence-corrected chi connectivity index (χ1v) is 5.03. The summed E-state index contributed by atoms with van der Waals surface area (Å²) in [6.45, 7) is 0. The van der Waals surface area contributed by atoms with Crippen LogP contribution < -0.4 is 0 Å². The van der Waals surface area contributed by atoms with Gasteiger partial charge in [-0.1, -0.05) is 0 Å². The fraction of sp³-hybridized carbons (Fsp3) is 0. The van der Waals surface area contributed by atoms with Crippen LogP contribution in [0.15, 0.2) is 15.0 Å². The van der Waals surface area contributed by atoms with E-state index in [-0.39, 0.29) is 8.95 Å². The van der Waals surface area contributed by atoms with Crippen molar-refractivity contribution in [3.8, 4) is 5.75 Å². The van der Waals surface area contributed by atoms with Crippen molar-refractivity contribution < 1.29 is 19.9 Å². The van der Waals surface area contributed by atoms with Crippen LogP contribution in [-0.2, 0) is 0 Å². The monoisotopic (exact) mass is 339 g/mol. The molecule has 0 saturated heterocycles. The molecule has 8 heteroatoms. The largest absolute Gasteiger partial charge is 0.501 e. The number of nitro benzene ring substituents is 1. The minimum absolute atomic E-state index is 0.0198. The predicted molar refractivity (Wildman–Crippen MR) is 57.1 cm³/mol. The fourth-order valence-electron chi connectivity index (χ4n) is 0.978. The zero-order valence-corrected chi connectivity index (χ0v) is 10.1. The molecule has 0 spiro atoms. The van der Waals surface area contributed by atoms with Gasteiger partial charge in [-0.15, -0.1) is 0 Å². The van der Waals surface area contributed by atoms with Gasteiger partial charge in [0.15, 0.2) is 5.56 Å². The average molecular weight is 341 g/mol. The number of carboxylic acids is 1. The van der Waals surface area contributed by atoms with E-state index in [1.165, 1.54) is 6.07 Å². The Morgan fingerprint density at radius 1 is 1.40 bits per heavy atom. The van der Waals surface area contributed by atoms with Gasteiger partial charge in [-0.2, -0.15) is 0 Å². The molecule has 80 valence electrons. The summed E-state index contributed by atoms with van der Waals surface area (Å²) in [5.41, 5.74) is -1.43. The van der Waals surface area contributed by atoms with E-state index in [9.17, 15) is 20.0 Å². The number of nitrogens with zero attached hydrogens (tertiary/aromatic N) is 1. The molecule has 0 saturated carbocycles. The number of carbonyl (C=O) groups is 1. The number of aromatic hydroxyl groups is 1. The van der Waals surface area contributed by atoms with Crippen molar-refractivity contribution in [2.75, 3.05) is 0 Å². The van der Waals surface area contributed by atoms with Crippen molar-refractivity contribution >= 4 is 43.5 Å². The van der Waals surface area contributed by atoms with Crippen LogP contribution in [0.3, 0.4) is 0 Å². The number of halogens is 2. The molecule has 0 atom stereocenters. The van der Waals surface area contributed by atoms with Crippen LogP contribution >= 0.6 is 31.9 Å². The molecule has 0 aromatic heterocycles. The lowest BCUT2D eigenvalue weighted by Gasteiger charge is -2.04. The quantitative estimate of drug-likeness (QED) is 0.636. The normalized spacial score (nSPS) is 10.0. The molecule has 6 nitrogen and oxygen atoms in total. The van der Waals surface area contributed by atoms with Crippen molar-refractivity contribution in [2.45, 2.75) is 0 Å². The summed E-state index contributed by atoms with van der Waals surface area (Å²) in [5, 5.41) is 28.7. The molecule has 0 fully saturated rings. The molecular formula is C7H3Br2NO5. The Kier molecular flexibility index (Phi) is 3.30. The lowest BCUT2D eigenvalue weighted by molar-refractivity contribution is -0.386. The minimum Gasteiger partial charge on any atom is -0.501 e. The fourth-order valence-corrected chi connectivity index (χ4v) is 2.29. The SMILES string of the molecule is O=C(O)c1c(Br)cc(Br)c(O)c1[N+](=O)[O-]. The van der Waals surface area contributed by atoms with Crippen LogP contribution in [0.1, 0.15) is 10.4 Å². The maximum absolute atomic E-state index is 10.7. The van der Waals surface area contributed by atoms with E-state index >= 15 is 0 Å². The Morgan fingerprint density at radius 2 is 1.93 bits per heavy atom. The van der Waals surface area contributed by atoms with Gasteiger partial charge in [-0.3, -0.25) is 10.1 Å². The summed E-state index contributed by atoms with van der Waals surface area (Å²) < 4.78 is 0.0671. The third-order valence-electron chi connectivity index (χ3n) is 1.58. The molecule has 0 aliphatic rings. The number of aromatic carboxylic acids is 1. The van der Waals surface area contributed by atoms with Gasteiger partial charge in [0.1, 0.15) is 0 Å². The highest BCUT2D eigenvalue weighted by Crippen LogP contribution is 2.40. The molecule has 2 N–H and O–H groups in total. The van der Waals surface area contributed by atoms with E-state index in [0.717, 1.165) is 0 Å². The van der Waals surface area contributed by atoms with E-state index in [0.29, 0.717) is 0 Å². The van der Waals surface area contributed by atoms with Crippen molar-refractivity contribution in [1.29, 1.82) is 0 Å². The molecule has 1 aromatic carbocycles. The Balaban J connectivity index is 3.69. The summed E-state index contributed by atoms with van der Waals surface area (Å²) in [5.74, 6) is -2.20. The lowest BCUT2D eigenvalue weighted by atomic mass is 10.1. The number of phenols is 1. The Labute approximate surface area is 99.9 Å². The first-order valence-electron chi connectivity index (χ1n) is 3.45. The van der Waals surface area contributed by atoms with Crippen molar-refractivity contribution in [1.82, 2.24) is 0 Å². The molecule has 1 rings (SSSR count). The standard InChI is InChI=1S/C7H3Br2NO5/c8-2-1-3(9)6(11)5(10(14)15)4(2)7(12)13/h1,11H,(H,12,13). The summed E-state index contributed by atoms with van der Waals surface area (Å²) in [6, 6.07) is 1.23. The number of phenolic OH excluding ortho intramolecular Hbond substituents is 1. The van der Waals surface area contributed by atoms with Gasteiger partial charge in [-0.25, -0.2) is 4.79 Å². The first-order chi connectivity index (χ1) is 6.86. The first kappa shape index (κ1) is 11.9. The maximum Gasteiger partial charge on any atom is 0.344 e. The van der Waals surface area contributed by atoms with E-state index in [2.05, 4.69) is 31.9 Å². The second-order valence-corrected chi connectivity index (χ2v) is 4.18. The summed E-state index contributed by atoms with van der Waals surface area (Å²) >= 11 is 5.75. The van der Waals surface area contributed by atoms with Crippen LogP contribution in [0.4, 0.5) is 5.69 Å². The molecule has 0 unspecified atom stereocenters. The van der Waals surface area contributed by atoms with Gasteiger partial charge in [-0.05, 0) is 37.9 Å². The number of hydrogen-bond acceptors (Lipinski definition) is 4. The third kappa shape index (κ3) is 2.10. The molecule has 0 aliphatic carbocycles. The van der Waals surface area contributed by atoms with Gasteiger partial charge in [0, 0.05) is 4.47 Å². The van der Waals surface area contributed by atoms with Crippen LogP contribution in [-0.4, -0.2) is 21.1 Å². The van der Waals surface area contributed by atoms with Gasteiger partial charge in [0.05, 0.1) is 9.40 Å². The van der Waals surface area contributed by atoms with E-state index in [1.54, 1.807) is 0 Å². The Morgan fingerprint density at radius 3 is 2.33 bits per heavy atom. The summed E-state index contributed by atoms with van der Waals surface area (Å²) in [6.07, 6.45) is 0. The topological polar surface area (TPSA) is 101 Å². The predicted octanol–water partition coefficient (Wildman–Crippen LogP) is 2.52. The second kappa shape index (κ2) is 4.15. The molecule has 0 bridgehead atoms. The number of carboxylic acid groups (broad SMARTS) is 1. The zero-order valence-electron chi connectivity index (χ0n) is 6.90. The van der Waals surface area contributed by atoms with Crippen LogP contribution in [0.5, 0.6) is 5.75 Å². The summed E-state index contributed by atoms with van der Waals surface area (Å²) in [4.78, 5) is 20.4. The smallest absolute Gasteiger partial charge is 0.344 e. The van der Waals surface area contributed by atoms with Crippen LogP contribution in [0.25, 0.3) is 0 Å². The van der Waals surface area contributed by atoms with E-state index < -0.39 is 27.9 Å². The highest BCUT2D eigenvalue weighted by molar-refractivity contribution is 9.11. The third-order valence-corrected chi connectivity index (χ3v) is 2.81. The molecule has 0 heterocycles. The molecule has 1 aromatic rings. The molecular weight excluding hydrogens is 338 g/mol. The molecule has 0 amide bonds. The number of nitro groups is 1. The highest BCUT2D eigenvalue weighted by atomic mass is 79.9. The van der Waals surface area contributed by atoms with E-state index in [4.69, 9.17) is 5.11 Å². The zero-order chi connectivity index (χ0) is 11.7. The lowest BCUT2D eigenvalue weighted by Crippen LogP contribution is -2.04. The summed E-state index contributed by atoms with van der Waals surface area (Å²) in [7, 11) is 0. The Hall–Kier alpha value is -1.15. The van der Waals surface area contributed by atoms with Crippen LogP contribution in [0, 0.1) is 10.1 Å². The van der Waals surface area contributed by atoms with Crippen molar-refractivity contribution in [3.63, 3.8) is 0 Å². The van der Waals surface area contributed by atoms with Gasteiger partial charge in [0.2, 0.25) is 5.75 Å². The van der Waals surface area contributed by atoms with Crippen molar-refractivity contribution in [2.24, 2.45) is 0 Å². The van der Waals surface area contributed by atoms with E-state index in [1.807, 2.05) is 0 Å². The number of rotatable bonds is 2. The van der Waals surface area contributed by atoms with Gasteiger partial charge >= 0.3 is 11.7 Å². The number of hydrogen-bond donors (Lipinski definition) is 2. The highest BCUT2D eigenvalue weighted by Gasteiger charge is 2.29. The molecule has 0 radical (unpaired) electrons. The van der Waals surface area contributed by atoms with Crippen LogP contribution in [0.2, 0.25) is 0 Å². The number of benzene rings is 1. The van der Waals surface area contributed by atoms with Gasteiger partial charge in [0.25, 0.3) is 0 Å². The average Bonchev–Trinajstić information content (AvgIpc) is 2.09. The Bertz CT molecular complexity index is 459. The van der Waals surface area contributed by atoms with Gasteiger partial charge < -0.3 is 10.2 Å². The minimum atomic E-state index is -1.49. The maximum atomic E-state index is 10.7. The molecule has 15 heavy (non-hydrogen) atoms.